The molecule has 0 aliphatic carbocycles. The van der Waals surface area contributed by atoms with Gasteiger partial charge in [0.1, 0.15) is 11.5 Å². The minimum Gasteiger partial charge on any atom is -0.506 e. The first-order chi connectivity index (χ1) is 4.72. The first-order valence-electron chi connectivity index (χ1n) is 3.06. The van der Waals surface area contributed by atoms with Gasteiger partial charge in [0.15, 0.2) is 5.78 Å². The summed E-state index contributed by atoms with van der Waals surface area (Å²) < 4.78 is 0. The van der Waals surface area contributed by atoms with Gasteiger partial charge >= 0.3 is 0 Å². The molecule has 0 radical (unpaired) electrons. The molecule has 3 nitrogen and oxygen atoms in total. The van der Waals surface area contributed by atoms with E-state index < -0.39 is 0 Å². The average molecular weight is 139 g/mol. The van der Waals surface area contributed by atoms with Crippen molar-refractivity contribution in [3.63, 3.8) is 0 Å². The number of carbonyl (C=O) groups excluding carboxylic acids is 1. The fraction of sp³-hybridized carbons (Fsp3) is 0.286. The molecule has 0 saturated carbocycles. The van der Waals surface area contributed by atoms with E-state index in [0.29, 0.717) is 12.2 Å². The van der Waals surface area contributed by atoms with Crippen LogP contribution in [0.4, 0.5) is 0 Å². The van der Waals surface area contributed by atoms with E-state index in [1.165, 1.54) is 13.0 Å². The minimum atomic E-state index is -0.137. The standard InChI is InChI=1S/C7H9NO2/c1-5(9)7-6(10)3-2-4-8-7/h2-3,8,10H,4H2,1H3. The highest BCUT2D eigenvalue weighted by Gasteiger charge is 2.09. The molecule has 0 saturated heterocycles. The number of ketones is 1. The van der Waals surface area contributed by atoms with Crippen molar-refractivity contribution >= 4 is 5.78 Å². The summed E-state index contributed by atoms with van der Waals surface area (Å²) in [6.07, 6.45) is 3.27. The molecule has 10 heavy (non-hydrogen) atoms. The second-order valence-corrected chi connectivity index (χ2v) is 2.10. The summed E-state index contributed by atoms with van der Waals surface area (Å²) >= 11 is 0. The highest BCUT2D eigenvalue weighted by molar-refractivity contribution is 5.93. The van der Waals surface area contributed by atoms with Crippen LogP contribution in [0, 0.1) is 0 Å². The van der Waals surface area contributed by atoms with Crippen LogP contribution in [0.2, 0.25) is 0 Å². The molecule has 1 aliphatic rings. The topological polar surface area (TPSA) is 49.3 Å². The lowest BCUT2D eigenvalue weighted by Gasteiger charge is -2.10. The Hall–Kier alpha value is -1.25. The van der Waals surface area contributed by atoms with Crippen LogP contribution < -0.4 is 5.32 Å². The van der Waals surface area contributed by atoms with E-state index >= 15 is 0 Å². The number of rotatable bonds is 1. The Morgan fingerprint density at radius 2 is 2.50 bits per heavy atom. The molecule has 0 atom stereocenters. The van der Waals surface area contributed by atoms with Crippen LogP contribution in [-0.4, -0.2) is 17.4 Å². The molecule has 1 rings (SSSR count). The fourth-order valence-corrected chi connectivity index (χ4v) is 0.810. The maximum Gasteiger partial charge on any atom is 0.179 e. The quantitative estimate of drug-likeness (QED) is 0.556. The van der Waals surface area contributed by atoms with Gasteiger partial charge in [0.25, 0.3) is 0 Å². The van der Waals surface area contributed by atoms with E-state index in [0.717, 1.165) is 0 Å². The summed E-state index contributed by atoms with van der Waals surface area (Å²) in [5.41, 5.74) is 0.308. The van der Waals surface area contributed by atoms with Crippen molar-refractivity contribution in [2.75, 3.05) is 6.54 Å². The third-order valence-corrected chi connectivity index (χ3v) is 1.28. The zero-order valence-electron chi connectivity index (χ0n) is 5.72. The largest absolute Gasteiger partial charge is 0.506 e. The van der Waals surface area contributed by atoms with Gasteiger partial charge in [-0.1, -0.05) is 6.08 Å². The Kier molecular flexibility index (Phi) is 1.76. The number of hydrogen-bond acceptors (Lipinski definition) is 3. The fourth-order valence-electron chi connectivity index (χ4n) is 0.810. The van der Waals surface area contributed by atoms with Gasteiger partial charge in [-0.3, -0.25) is 4.79 Å². The highest BCUT2D eigenvalue weighted by atomic mass is 16.3. The Labute approximate surface area is 59.0 Å². The van der Waals surface area contributed by atoms with Crippen LogP contribution in [0.3, 0.4) is 0 Å². The van der Waals surface area contributed by atoms with Crippen molar-refractivity contribution in [2.45, 2.75) is 6.92 Å². The smallest absolute Gasteiger partial charge is 0.179 e. The number of allylic oxidation sites excluding steroid dienone is 2. The van der Waals surface area contributed by atoms with E-state index in [4.69, 9.17) is 5.11 Å². The number of carbonyl (C=O) groups is 1. The predicted octanol–water partition coefficient (Wildman–Crippen LogP) is 0.504. The van der Waals surface area contributed by atoms with Gasteiger partial charge in [-0.15, -0.1) is 0 Å². The first kappa shape index (κ1) is 6.86. The van der Waals surface area contributed by atoms with E-state index in [-0.39, 0.29) is 11.5 Å². The van der Waals surface area contributed by atoms with Gasteiger partial charge in [0.05, 0.1) is 0 Å². The highest BCUT2D eigenvalue weighted by Crippen LogP contribution is 2.04. The molecule has 54 valence electrons. The van der Waals surface area contributed by atoms with E-state index in [9.17, 15) is 4.79 Å². The van der Waals surface area contributed by atoms with Crippen LogP contribution in [0.25, 0.3) is 0 Å². The zero-order valence-corrected chi connectivity index (χ0v) is 5.72. The van der Waals surface area contributed by atoms with Crippen molar-refractivity contribution in [1.29, 1.82) is 0 Å². The zero-order chi connectivity index (χ0) is 7.56. The summed E-state index contributed by atoms with van der Waals surface area (Å²) in [6, 6.07) is 0. The number of dihydropyridines is 1. The Bertz CT molecular complexity index is 216. The van der Waals surface area contributed by atoms with Gasteiger partial charge in [-0.05, 0) is 6.08 Å². The van der Waals surface area contributed by atoms with Crippen LogP contribution in [0.5, 0.6) is 0 Å². The Morgan fingerprint density at radius 1 is 1.80 bits per heavy atom. The molecule has 1 aliphatic heterocycles. The predicted molar refractivity (Wildman–Crippen MR) is 37.5 cm³/mol. The number of nitrogens with one attached hydrogen (secondary N) is 1. The first-order valence-corrected chi connectivity index (χ1v) is 3.06. The van der Waals surface area contributed by atoms with Gasteiger partial charge in [0, 0.05) is 13.5 Å². The molecule has 0 bridgehead atoms. The lowest BCUT2D eigenvalue weighted by Crippen LogP contribution is -2.23. The minimum absolute atomic E-state index is 0.0266. The van der Waals surface area contributed by atoms with E-state index in [2.05, 4.69) is 5.32 Å². The van der Waals surface area contributed by atoms with Gasteiger partial charge < -0.3 is 10.4 Å². The number of hydrogen-bond donors (Lipinski definition) is 2. The summed E-state index contributed by atoms with van der Waals surface area (Å²) in [6.45, 7) is 2.02. The summed E-state index contributed by atoms with van der Waals surface area (Å²) in [5, 5.41) is 11.8. The van der Waals surface area contributed by atoms with Crippen molar-refractivity contribution in [3.8, 4) is 0 Å². The maximum atomic E-state index is 10.7. The molecular formula is C7H9NO2. The lowest BCUT2D eigenvalue weighted by atomic mass is 10.2. The maximum absolute atomic E-state index is 10.7. The van der Waals surface area contributed by atoms with Crippen LogP contribution >= 0.6 is 0 Å². The van der Waals surface area contributed by atoms with Crippen LogP contribution in [0.15, 0.2) is 23.6 Å². The Morgan fingerprint density at radius 3 is 2.90 bits per heavy atom. The second kappa shape index (κ2) is 2.56. The summed E-state index contributed by atoms with van der Waals surface area (Å²) in [7, 11) is 0. The van der Waals surface area contributed by atoms with E-state index in [1.54, 1.807) is 6.08 Å². The average Bonchev–Trinajstić information content (AvgIpc) is 1.88. The van der Waals surface area contributed by atoms with E-state index in [1.807, 2.05) is 0 Å². The second-order valence-electron chi connectivity index (χ2n) is 2.10. The van der Waals surface area contributed by atoms with Crippen molar-refractivity contribution in [3.05, 3.63) is 23.6 Å². The lowest BCUT2D eigenvalue weighted by molar-refractivity contribution is -0.114. The van der Waals surface area contributed by atoms with Gasteiger partial charge in [-0.2, -0.15) is 0 Å². The molecule has 1 heterocycles. The number of Topliss-reactive ketones (excluding diaryl/α,β-unsaturated/α-hetero) is 1. The third-order valence-electron chi connectivity index (χ3n) is 1.28. The van der Waals surface area contributed by atoms with Gasteiger partial charge in [0.2, 0.25) is 0 Å². The van der Waals surface area contributed by atoms with Crippen LogP contribution in [0.1, 0.15) is 6.92 Å². The molecule has 0 spiro atoms. The Balaban J connectivity index is 2.89. The molecule has 0 amide bonds. The number of aliphatic hydroxyl groups excluding tert-OH is 1. The molecule has 0 fully saturated rings. The van der Waals surface area contributed by atoms with Crippen molar-refractivity contribution < 1.29 is 9.90 Å². The molecule has 0 aromatic heterocycles. The van der Waals surface area contributed by atoms with Gasteiger partial charge in [-0.25, -0.2) is 0 Å². The molecule has 2 N–H and O–H groups in total. The molecule has 0 aromatic carbocycles. The van der Waals surface area contributed by atoms with Crippen molar-refractivity contribution in [1.82, 2.24) is 5.32 Å². The van der Waals surface area contributed by atoms with Crippen LogP contribution in [-0.2, 0) is 4.79 Å². The summed E-state index contributed by atoms with van der Waals surface area (Å²) in [5.74, 6) is -0.111. The SMILES string of the molecule is CC(=O)C1=C(O)C=CCN1. The number of aliphatic hydroxyl groups is 1. The molecule has 3 heteroatoms. The molecule has 0 aromatic rings. The molecular weight excluding hydrogens is 130 g/mol. The van der Waals surface area contributed by atoms with Crippen molar-refractivity contribution in [2.24, 2.45) is 0 Å². The molecule has 0 unspecified atom stereocenters. The normalized spacial score (nSPS) is 16.9. The third kappa shape index (κ3) is 1.18. The summed E-state index contributed by atoms with van der Waals surface area (Å²) in [4.78, 5) is 10.7. The monoisotopic (exact) mass is 139 g/mol.